The number of carboxylic acid groups (broad SMARTS) is 1. The minimum Gasteiger partial charge on any atom is -0.481 e. The van der Waals surface area contributed by atoms with Crippen molar-refractivity contribution in [1.82, 2.24) is 5.32 Å². The van der Waals surface area contributed by atoms with Crippen LogP contribution >= 0.6 is 0 Å². The lowest BCUT2D eigenvalue weighted by Crippen LogP contribution is -2.43. The van der Waals surface area contributed by atoms with Crippen molar-refractivity contribution in [3.63, 3.8) is 0 Å². The van der Waals surface area contributed by atoms with Gasteiger partial charge in [-0.05, 0) is 36.5 Å². The Kier molecular flexibility index (Phi) is 5.20. The molecule has 0 saturated heterocycles. The summed E-state index contributed by atoms with van der Waals surface area (Å²) in [5.74, 6) is -0.379. The average molecular weight is 290 g/mol. The molecule has 1 aliphatic carbocycles. The number of nitrogens with one attached hydrogen (secondary N) is 2. The van der Waals surface area contributed by atoms with E-state index in [0.717, 1.165) is 19.3 Å². The van der Waals surface area contributed by atoms with Gasteiger partial charge in [0.05, 0.1) is 6.42 Å². The van der Waals surface area contributed by atoms with Gasteiger partial charge in [0.25, 0.3) is 0 Å². The van der Waals surface area contributed by atoms with E-state index >= 15 is 0 Å². The number of amides is 2. The second kappa shape index (κ2) is 7.11. The van der Waals surface area contributed by atoms with Crippen LogP contribution in [0.25, 0.3) is 0 Å². The molecule has 0 heterocycles. The maximum Gasteiger partial charge on any atom is 0.319 e. The number of carbonyl (C=O) groups excluding carboxylic acids is 1. The van der Waals surface area contributed by atoms with E-state index in [1.807, 2.05) is 0 Å². The van der Waals surface area contributed by atoms with E-state index in [0.29, 0.717) is 17.2 Å². The molecule has 5 heteroatoms. The van der Waals surface area contributed by atoms with Crippen LogP contribution < -0.4 is 10.6 Å². The number of urea groups is 1. The van der Waals surface area contributed by atoms with E-state index in [9.17, 15) is 9.59 Å². The lowest BCUT2D eigenvalue weighted by Gasteiger charge is -2.29. The van der Waals surface area contributed by atoms with Crippen molar-refractivity contribution in [2.45, 2.75) is 45.1 Å². The highest BCUT2D eigenvalue weighted by Crippen LogP contribution is 2.23. The first-order valence-corrected chi connectivity index (χ1v) is 7.43. The predicted molar refractivity (Wildman–Crippen MR) is 81.4 cm³/mol. The van der Waals surface area contributed by atoms with Gasteiger partial charge in [-0.15, -0.1) is 0 Å². The molecule has 0 spiro atoms. The van der Waals surface area contributed by atoms with Crippen LogP contribution in [0.4, 0.5) is 10.5 Å². The lowest BCUT2D eigenvalue weighted by molar-refractivity contribution is -0.136. The number of anilines is 1. The molecule has 114 valence electrons. The lowest BCUT2D eigenvalue weighted by atomic mass is 9.86. The Balaban J connectivity index is 1.91. The van der Waals surface area contributed by atoms with Crippen LogP contribution in [-0.4, -0.2) is 23.1 Å². The maximum atomic E-state index is 12.0. The Bertz CT molecular complexity index is 516. The zero-order valence-electron chi connectivity index (χ0n) is 12.3. The number of carbonyl (C=O) groups is 2. The Morgan fingerprint density at radius 1 is 1.29 bits per heavy atom. The largest absolute Gasteiger partial charge is 0.481 e. The van der Waals surface area contributed by atoms with Crippen molar-refractivity contribution in [2.75, 3.05) is 5.32 Å². The Morgan fingerprint density at radius 2 is 2.05 bits per heavy atom. The van der Waals surface area contributed by atoms with E-state index in [4.69, 9.17) is 5.11 Å². The van der Waals surface area contributed by atoms with E-state index < -0.39 is 5.97 Å². The molecule has 2 rings (SSSR count). The molecule has 2 unspecified atom stereocenters. The van der Waals surface area contributed by atoms with Crippen LogP contribution in [0.5, 0.6) is 0 Å². The normalized spacial score (nSPS) is 21.6. The van der Waals surface area contributed by atoms with Crippen LogP contribution in [-0.2, 0) is 11.2 Å². The van der Waals surface area contributed by atoms with E-state index in [-0.39, 0.29) is 18.5 Å². The summed E-state index contributed by atoms with van der Waals surface area (Å²) in [6.07, 6.45) is 4.52. The monoisotopic (exact) mass is 290 g/mol. The fourth-order valence-corrected chi connectivity index (χ4v) is 2.80. The van der Waals surface area contributed by atoms with Crippen molar-refractivity contribution < 1.29 is 14.7 Å². The highest BCUT2D eigenvalue weighted by molar-refractivity contribution is 5.89. The molecule has 21 heavy (non-hydrogen) atoms. The first-order chi connectivity index (χ1) is 10.0. The van der Waals surface area contributed by atoms with Gasteiger partial charge >= 0.3 is 12.0 Å². The minimum absolute atomic E-state index is 0.0448. The van der Waals surface area contributed by atoms with E-state index in [1.54, 1.807) is 24.3 Å². The van der Waals surface area contributed by atoms with Gasteiger partial charge < -0.3 is 15.7 Å². The number of benzene rings is 1. The molecule has 1 saturated carbocycles. The maximum absolute atomic E-state index is 12.0. The van der Waals surface area contributed by atoms with Crippen LogP contribution in [0.2, 0.25) is 0 Å². The molecule has 1 aliphatic rings. The fraction of sp³-hybridized carbons (Fsp3) is 0.500. The van der Waals surface area contributed by atoms with Crippen molar-refractivity contribution in [3.05, 3.63) is 29.8 Å². The molecule has 5 nitrogen and oxygen atoms in total. The van der Waals surface area contributed by atoms with Gasteiger partial charge in [0.15, 0.2) is 0 Å². The number of carboxylic acids is 1. The molecule has 2 amide bonds. The first-order valence-electron chi connectivity index (χ1n) is 7.43. The average Bonchev–Trinajstić information content (AvgIpc) is 2.41. The molecule has 1 aromatic rings. The van der Waals surface area contributed by atoms with Gasteiger partial charge in [0.1, 0.15) is 0 Å². The van der Waals surface area contributed by atoms with Crippen molar-refractivity contribution in [1.29, 1.82) is 0 Å². The summed E-state index contributed by atoms with van der Waals surface area (Å²) >= 11 is 0. The fourth-order valence-electron chi connectivity index (χ4n) is 2.80. The van der Waals surface area contributed by atoms with Gasteiger partial charge in [-0.3, -0.25) is 4.79 Å². The summed E-state index contributed by atoms with van der Waals surface area (Å²) in [5.41, 5.74) is 1.29. The molecular weight excluding hydrogens is 268 g/mol. The van der Waals surface area contributed by atoms with Crippen LogP contribution in [0.15, 0.2) is 24.3 Å². The first kappa shape index (κ1) is 15.4. The van der Waals surface area contributed by atoms with E-state index in [1.165, 1.54) is 6.42 Å². The Hall–Kier alpha value is -2.04. The molecule has 3 N–H and O–H groups in total. The van der Waals surface area contributed by atoms with Gasteiger partial charge in [-0.25, -0.2) is 4.79 Å². The molecule has 0 aromatic heterocycles. The summed E-state index contributed by atoms with van der Waals surface area (Å²) < 4.78 is 0. The van der Waals surface area contributed by atoms with Gasteiger partial charge in [0.2, 0.25) is 0 Å². The van der Waals surface area contributed by atoms with E-state index in [2.05, 4.69) is 17.6 Å². The van der Waals surface area contributed by atoms with Crippen LogP contribution in [0, 0.1) is 5.92 Å². The smallest absolute Gasteiger partial charge is 0.319 e. The number of aliphatic carboxylic acids is 1. The third kappa shape index (κ3) is 4.77. The molecule has 0 bridgehead atoms. The van der Waals surface area contributed by atoms with Crippen LogP contribution in [0.1, 0.15) is 38.2 Å². The summed E-state index contributed by atoms with van der Waals surface area (Å²) in [5, 5.41) is 14.6. The third-order valence-electron chi connectivity index (χ3n) is 3.97. The summed E-state index contributed by atoms with van der Waals surface area (Å²) in [7, 11) is 0. The molecule has 2 atom stereocenters. The summed E-state index contributed by atoms with van der Waals surface area (Å²) in [4.78, 5) is 22.7. The summed E-state index contributed by atoms with van der Waals surface area (Å²) in [6, 6.07) is 6.94. The second-order valence-electron chi connectivity index (χ2n) is 5.74. The molecule has 1 fully saturated rings. The topological polar surface area (TPSA) is 78.4 Å². The summed E-state index contributed by atoms with van der Waals surface area (Å²) in [6.45, 7) is 2.16. The minimum atomic E-state index is -0.882. The van der Waals surface area contributed by atoms with Crippen molar-refractivity contribution in [3.8, 4) is 0 Å². The van der Waals surface area contributed by atoms with Gasteiger partial charge in [0, 0.05) is 11.7 Å². The number of hydrogen-bond donors (Lipinski definition) is 3. The quantitative estimate of drug-likeness (QED) is 0.797. The van der Waals surface area contributed by atoms with Crippen molar-refractivity contribution >= 4 is 17.7 Å². The van der Waals surface area contributed by atoms with Gasteiger partial charge in [-0.2, -0.15) is 0 Å². The SMILES string of the molecule is CC1CCCCC1NC(=O)Nc1cccc(CC(=O)O)c1. The number of hydrogen-bond acceptors (Lipinski definition) is 2. The highest BCUT2D eigenvalue weighted by atomic mass is 16.4. The van der Waals surface area contributed by atoms with Crippen molar-refractivity contribution in [2.24, 2.45) is 5.92 Å². The molecular formula is C16H22N2O3. The molecule has 0 aliphatic heterocycles. The molecule has 0 radical (unpaired) electrons. The highest BCUT2D eigenvalue weighted by Gasteiger charge is 2.22. The standard InChI is InChI=1S/C16H22N2O3/c1-11-5-2-3-8-14(11)18-16(21)17-13-7-4-6-12(9-13)10-15(19)20/h4,6-7,9,11,14H,2-3,5,8,10H2,1H3,(H,19,20)(H2,17,18,21). The van der Waals surface area contributed by atoms with Crippen LogP contribution in [0.3, 0.4) is 0 Å². The Morgan fingerprint density at radius 3 is 2.76 bits per heavy atom. The predicted octanol–water partition coefficient (Wildman–Crippen LogP) is 3.01. The Labute approximate surface area is 124 Å². The zero-order valence-corrected chi connectivity index (χ0v) is 12.3. The van der Waals surface area contributed by atoms with Gasteiger partial charge in [-0.1, -0.05) is 31.9 Å². The second-order valence-corrected chi connectivity index (χ2v) is 5.74. The third-order valence-corrected chi connectivity index (χ3v) is 3.97. The zero-order chi connectivity index (χ0) is 15.2. The number of rotatable bonds is 4. The molecule has 1 aromatic carbocycles.